The molecule has 3 unspecified atom stereocenters. The Morgan fingerprint density at radius 2 is 1.88 bits per heavy atom. The van der Waals surface area contributed by atoms with Gasteiger partial charge in [-0.15, -0.1) is 0 Å². The number of benzene rings is 1. The van der Waals surface area contributed by atoms with Crippen LogP contribution < -0.4 is 5.43 Å². The van der Waals surface area contributed by atoms with Crippen LogP contribution in [0.4, 0.5) is 5.69 Å². The number of nitrogens with one attached hydrogen (secondary N) is 1. The van der Waals surface area contributed by atoms with Crippen molar-refractivity contribution >= 4 is 28.9 Å². The van der Waals surface area contributed by atoms with Gasteiger partial charge < -0.3 is 20.4 Å². The van der Waals surface area contributed by atoms with E-state index in [1.165, 1.54) is 25.2 Å². The van der Waals surface area contributed by atoms with Crippen LogP contribution in [0.25, 0.3) is 5.76 Å². The van der Waals surface area contributed by atoms with Gasteiger partial charge in [0.15, 0.2) is 11.4 Å². The zero-order valence-corrected chi connectivity index (χ0v) is 17.7. The standard InChI is InChI=1S/C21H21N3O9/c1-23(2)22-20(30)15-12(25)7-10-6-9-5-8-3-4-11(24(32)33)16(26)13(8)17(27)14(9)18(28)21(10,31)19(15)29/h3-4,9-10,26-27,29,31H,5-7H2,1-2H3,(H,22,30). The number of carbonyl (C=O) groups excluding carboxylic acids is 3. The molecule has 174 valence electrons. The maximum atomic E-state index is 13.4. The number of hydrogen-bond acceptors (Lipinski definition) is 10. The highest BCUT2D eigenvalue weighted by molar-refractivity contribution is 6.23. The van der Waals surface area contributed by atoms with E-state index in [9.17, 15) is 44.9 Å². The Bertz CT molecular complexity index is 1200. The molecule has 5 N–H and O–H groups in total. The van der Waals surface area contributed by atoms with Crippen LogP contribution in [0.5, 0.6) is 5.75 Å². The Morgan fingerprint density at radius 1 is 1.21 bits per heavy atom. The Morgan fingerprint density at radius 3 is 2.48 bits per heavy atom. The summed E-state index contributed by atoms with van der Waals surface area (Å²) in [7, 11) is 2.93. The summed E-state index contributed by atoms with van der Waals surface area (Å²) in [4.78, 5) is 48.8. The number of Topliss-reactive ketones (excluding diaryl/α,β-unsaturated/α-hetero) is 2. The number of hydrogen-bond donors (Lipinski definition) is 5. The number of phenolic OH excluding ortho intramolecular Hbond substituents is 1. The predicted octanol–water partition coefficient (Wildman–Crippen LogP) is 0.440. The third-order valence-electron chi connectivity index (χ3n) is 6.42. The lowest BCUT2D eigenvalue weighted by molar-refractivity contribution is -0.385. The van der Waals surface area contributed by atoms with Crippen LogP contribution in [-0.2, 0) is 20.8 Å². The number of nitrogens with zero attached hydrogens (tertiary/aromatic N) is 2. The van der Waals surface area contributed by atoms with Crippen molar-refractivity contribution in [3.05, 3.63) is 50.3 Å². The van der Waals surface area contributed by atoms with E-state index in [2.05, 4.69) is 5.43 Å². The van der Waals surface area contributed by atoms with Gasteiger partial charge in [-0.3, -0.25) is 29.9 Å². The first-order valence-corrected chi connectivity index (χ1v) is 10.0. The zero-order chi connectivity index (χ0) is 24.4. The molecule has 0 spiro atoms. The number of aliphatic hydroxyl groups excluding tert-OH is 2. The second-order valence-electron chi connectivity index (χ2n) is 8.60. The Labute approximate surface area is 186 Å². The van der Waals surface area contributed by atoms with Crippen molar-refractivity contribution in [1.29, 1.82) is 0 Å². The van der Waals surface area contributed by atoms with E-state index in [1.807, 2.05) is 0 Å². The van der Waals surface area contributed by atoms with Crippen molar-refractivity contribution in [3.63, 3.8) is 0 Å². The normalized spacial score (nSPS) is 26.7. The van der Waals surface area contributed by atoms with E-state index in [1.54, 1.807) is 0 Å². The van der Waals surface area contributed by atoms with Crippen LogP contribution in [0, 0.1) is 22.0 Å². The predicted molar refractivity (Wildman–Crippen MR) is 111 cm³/mol. The number of fused-ring (bicyclic) bond motifs is 3. The fourth-order valence-corrected chi connectivity index (χ4v) is 4.97. The largest absolute Gasteiger partial charge is 0.508 e. The maximum Gasteiger partial charge on any atom is 0.311 e. The topological polar surface area (TPSA) is 191 Å². The Hall–Kier alpha value is -3.77. The van der Waals surface area contributed by atoms with Gasteiger partial charge in [0, 0.05) is 38.1 Å². The molecule has 3 aliphatic carbocycles. The van der Waals surface area contributed by atoms with Crippen molar-refractivity contribution in [1.82, 2.24) is 10.4 Å². The van der Waals surface area contributed by atoms with Crippen LogP contribution in [0.3, 0.4) is 0 Å². The van der Waals surface area contributed by atoms with Gasteiger partial charge in [0.05, 0.1) is 10.5 Å². The van der Waals surface area contributed by atoms with Crippen molar-refractivity contribution in [2.75, 3.05) is 14.1 Å². The number of carbonyl (C=O) groups is 3. The van der Waals surface area contributed by atoms with Gasteiger partial charge in [0.25, 0.3) is 5.91 Å². The van der Waals surface area contributed by atoms with E-state index in [0.717, 1.165) is 6.07 Å². The van der Waals surface area contributed by atoms with Gasteiger partial charge in [0.1, 0.15) is 17.1 Å². The molecule has 1 fully saturated rings. The molecular weight excluding hydrogens is 438 g/mol. The number of nitro groups is 1. The van der Waals surface area contributed by atoms with Gasteiger partial charge in [-0.2, -0.15) is 0 Å². The molecule has 0 bridgehead atoms. The van der Waals surface area contributed by atoms with E-state index in [0.29, 0.717) is 5.56 Å². The lowest BCUT2D eigenvalue weighted by Crippen LogP contribution is -2.58. The molecule has 0 heterocycles. The third kappa shape index (κ3) is 3.09. The minimum atomic E-state index is -2.65. The van der Waals surface area contributed by atoms with Crippen molar-refractivity contribution < 1.29 is 39.7 Å². The SMILES string of the molecule is CN(C)NC(=O)C1=C(O)C2(O)C(=O)C3=C(O)c4c(ccc([N+](=O)[O-])c4O)CC3CC2CC1=O. The minimum Gasteiger partial charge on any atom is -0.508 e. The molecule has 0 saturated heterocycles. The van der Waals surface area contributed by atoms with Crippen LogP contribution in [0.15, 0.2) is 29.0 Å². The van der Waals surface area contributed by atoms with Crippen LogP contribution in [0.2, 0.25) is 0 Å². The highest BCUT2D eigenvalue weighted by atomic mass is 16.6. The number of amides is 1. The summed E-state index contributed by atoms with van der Waals surface area (Å²) in [6, 6.07) is 2.44. The molecule has 0 aliphatic heterocycles. The zero-order valence-electron chi connectivity index (χ0n) is 17.7. The average Bonchev–Trinajstić information content (AvgIpc) is 2.70. The summed E-state index contributed by atoms with van der Waals surface area (Å²) >= 11 is 0. The summed E-state index contributed by atoms with van der Waals surface area (Å²) < 4.78 is 0. The quantitative estimate of drug-likeness (QED) is 0.241. The Kier molecular flexibility index (Phi) is 5.02. The van der Waals surface area contributed by atoms with Crippen LogP contribution in [0.1, 0.15) is 24.0 Å². The van der Waals surface area contributed by atoms with Crippen molar-refractivity contribution in [2.24, 2.45) is 11.8 Å². The number of phenols is 1. The summed E-state index contributed by atoms with van der Waals surface area (Å²) in [6.07, 6.45) is -0.270. The first kappa shape index (κ1) is 22.4. The third-order valence-corrected chi connectivity index (χ3v) is 6.42. The summed E-state index contributed by atoms with van der Waals surface area (Å²) in [5.74, 6) is -7.29. The molecule has 3 atom stereocenters. The lowest BCUT2D eigenvalue weighted by Gasteiger charge is -2.46. The Balaban J connectivity index is 1.88. The van der Waals surface area contributed by atoms with Gasteiger partial charge in [-0.05, 0) is 24.3 Å². The van der Waals surface area contributed by atoms with Gasteiger partial charge >= 0.3 is 5.69 Å². The highest BCUT2D eigenvalue weighted by Crippen LogP contribution is 2.52. The summed E-state index contributed by atoms with van der Waals surface area (Å²) in [6.45, 7) is 0. The first-order chi connectivity index (χ1) is 15.4. The van der Waals surface area contributed by atoms with Gasteiger partial charge in [0.2, 0.25) is 11.5 Å². The fraction of sp³-hybridized carbons (Fsp3) is 0.381. The van der Waals surface area contributed by atoms with E-state index < -0.39 is 68.4 Å². The monoisotopic (exact) mass is 459 g/mol. The van der Waals surface area contributed by atoms with Crippen molar-refractivity contribution in [3.8, 4) is 5.75 Å². The minimum absolute atomic E-state index is 0.0111. The number of rotatable bonds is 3. The van der Waals surface area contributed by atoms with E-state index in [4.69, 9.17) is 0 Å². The van der Waals surface area contributed by atoms with Crippen LogP contribution in [-0.4, -0.2) is 67.5 Å². The lowest BCUT2D eigenvalue weighted by atomic mass is 9.59. The number of aromatic hydroxyl groups is 1. The summed E-state index contributed by atoms with van der Waals surface area (Å²) in [5, 5.41) is 55.7. The fourth-order valence-electron chi connectivity index (χ4n) is 4.97. The maximum absolute atomic E-state index is 13.4. The average molecular weight is 459 g/mol. The van der Waals surface area contributed by atoms with Crippen LogP contribution >= 0.6 is 0 Å². The smallest absolute Gasteiger partial charge is 0.311 e. The summed E-state index contributed by atoms with van der Waals surface area (Å²) in [5.41, 5.74) is -2.08. The second-order valence-corrected chi connectivity index (χ2v) is 8.60. The number of aliphatic hydroxyl groups is 3. The molecule has 0 aromatic heterocycles. The molecule has 1 amide bonds. The molecule has 1 saturated carbocycles. The number of nitro benzene ring substituents is 1. The second kappa shape index (κ2) is 7.39. The molecule has 1 aromatic carbocycles. The molecule has 3 aliphatic rings. The first-order valence-electron chi connectivity index (χ1n) is 10.0. The molecule has 4 rings (SSSR count). The van der Waals surface area contributed by atoms with E-state index >= 15 is 0 Å². The molecule has 12 nitrogen and oxygen atoms in total. The molecule has 1 aromatic rings. The molecule has 33 heavy (non-hydrogen) atoms. The molecular formula is C21H21N3O9. The molecule has 12 heteroatoms. The van der Waals surface area contributed by atoms with Gasteiger partial charge in [-0.1, -0.05) is 6.07 Å². The van der Waals surface area contributed by atoms with Crippen molar-refractivity contribution in [2.45, 2.75) is 24.9 Å². The van der Waals surface area contributed by atoms with E-state index in [-0.39, 0.29) is 30.4 Å². The number of ketones is 2. The number of hydrazine groups is 1. The molecule has 0 radical (unpaired) electrons. The van der Waals surface area contributed by atoms with Gasteiger partial charge in [-0.25, -0.2) is 5.01 Å². The highest BCUT2D eigenvalue weighted by Gasteiger charge is 2.60.